The van der Waals surface area contributed by atoms with Gasteiger partial charge in [0.25, 0.3) is 0 Å². The van der Waals surface area contributed by atoms with Crippen molar-refractivity contribution >= 4 is 17.5 Å². The van der Waals surface area contributed by atoms with Crippen molar-refractivity contribution in [2.24, 2.45) is 0 Å². The van der Waals surface area contributed by atoms with Crippen molar-refractivity contribution < 1.29 is 0 Å². The lowest BCUT2D eigenvalue weighted by Crippen LogP contribution is -2.14. The Labute approximate surface area is 138 Å². The molecule has 120 valence electrons. The Hall–Kier alpha value is -2.36. The summed E-state index contributed by atoms with van der Waals surface area (Å²) >= 11 is 0. The van der Waals surface area contributed by atoms with Crippen LogP contribution >= 0.6 is 0 Å². The third-order valence-corrected chi connectivity index (χ3v) is 4.22. The molecule has 0 saturated carbocycles. The fourth-order valence-electron chi connectivity index (χ4n) is 2.86. The van der Waals surface area contributed by atoms with Gasteiger partial charge in [0.15, 0.2) is 0 Å². The number of anilines is 3. The normalized spacial score (nSPS) is 14.2. The molecule has 1 heterocycles. The maximum absolute atomic E-state index is 4.62. The van der Waals surface area contributed by atoms with E-state index < -0.39 is 0 Å². The first-order chi connectivity index (χ1) is 11.3. The lowest BCUT2D eigenvalue weighted by Gasteiger charge is -2.18. The molecule has 1 aromatic heterocycles. The molecule has 4 nitrogen and oxygen atoms in total. The van der Waals surface area contributed by atoms with Gasteiger partial charge in [0.2, 0.25) is 5.95 Å². The van der Waals surface area contributed by atoms with E-state index in [0.29, 0.717) is 5.95 Å². The van der Waals surface area contributed by atoms with Crippen LogP contribution in [0.2, 0.25) is 0 Å². The SMILES string of the molecule is CN(c1ccccc1)c1nccc(NCCC2=CCCCC2)n1. The lowest BCUT2D eigenvalue weighted by molar-refractivity contribution is 0.679. The van der Waals surface area contributed by atoms with Crippen molar-refractivity contribution in [3.8, 4) is 0 Å². The molecule has 2 aromatic rings. The van der Waals surface area contributed by atoms with Crippen LogP contribution in [0.15, 0.2) is 54.2 Å². The van der Waals surface area contributed by atoms with E-state index in [2.05, 4.69) is 33.5 Å². The second-order valence-corrected chi connectivity index (χ2v) is 5.92. The Kier molecular flexibility index (Phi) is 5.25. The van der Waals surface area contributed by atoms with E-state index in [0.717, 1.165) is 24.5 Å². The molecule has 1 N–H and O–H groups in total. The topological polar surface area (TPSA) is 41.1 Å². The summed E-state index contributed by atoms with van der Waals surface area (Å²) in [5, 5.41) is 3.42. The van der Waals surface area contributed by atoms with Crippen LogP contribution in [-0.2, 0) is 0 Å². The highest BCUT2D eigenvalue weighted by Crippen LogP contribution is 2.21. The highest BCUT2D eigenvalue weighted by molar-refractivity contribution is 5.57. The molecule has 0 fully saturated rings. The van der Waals surface area contributed by atoms with Crippen LogP contribution in [0, 0.1) is 0 Å². The molecule has 3 rings (SSSR count). The van der Waals surface area contributed by atoms with Gasteiger partial charge in [0, 0.05) is 25.5 Å². The zero-order valence-corrected chi connectivity index (χ0v) is 13.7. The Balaban J connectivity index is 1.60. The van der Waals surface area contributed by atoms with Gasteiger partial charge in [0.1, 0.15) is 5.82 Å². The molecule has 0 radical (unpaired) electrons. The fraction of sp³-hybridized carbons (Fsp3) is 0.368. The smallest absolute Gasteiger partial charge is 0.231 e. The summed E-state index contributed by atoms with van der Waals surface area (Å²) in [7, 11) is 1.99. The zero-order valence-electron chi connectivity index (χ0n) is 13.7. The first-order valence-corrected chi connectivity index (χ1v) is 8.36. The Morgan fingerprint density at radius 3 is 2.78 bits per heavy atom. The maximum atomic E-state index is 4.62. The van der Waals surface area contributed by atoms with Gasteiger partial charge in [-0.15, -0.1) is 0 Å². The molecule has 0 saturated heterocycles. The van der Waals surface area contributed by atoms with Gasteiger partial charge in [0.05, 0.1) is 0 Å². The quantitative estimate of drug-likeness (QED) is 0.795. The predicted molar refractivity (Wildman–Crippen MR) is 96.2 cm³/mol. The van der Waals surface area contributed by atoms with Gasteiger partial charge in [-0.2, -0.15) is 4.98 Å². The monoisotopic (exact) mass is 308 g/mol. The average molecular weight is 308 g/mol. The first-order valence-electron chi connectivity index (χ1n) is 8.36. The van der Waals surface area contributed by atoms with Gasteiger partial charge in [-0.1, -0.05) is 29.8 Å². The molecule has 4 heteroatoms. The molecule has 1 aliphatic rings. The third-order valence-electron chi connectivity index (χ3n) is 4.22. The van der Waals surface area contributed by atoms with Crippen molar-refractivity contribution in [2.45, 2.75) is 32.1 Å². The number of hydrogen-bond acceptors (Lipinski definition) is 4. The summed E-state index contributed by atoms with van der Waals surface area (Å²) in [6, 6.07) is 12.1. The Morgan fingerprint density at radius 2 is 2.00 bits per heavy atom. The van der Waals surface area contributed by atoms with Crippen LogP contribution in [0.3, 0.4) is 0 Å². The van der Waals surface area contributed by atoms with Crippen LogP contribution in [-0.4, -0.2) is 23.6 Å². The van der Waals surface area contributed by atoms with E-state index in [1.165, 1.54) is 25.7 Å². The minimum atomic E-state index is 0.707. The third kappa shape index (κ3) is 4.31. The van der Waals surface area contributed by atoms with Gasteiger partial charge >= 0.3 is 0 Å². The van der Waals surface area contributed by atoms with E-state index >= 15 is 0 Å². The van der Waals surface area contributed by atoms with Crippen molar-refractivity contribution in [2.75, 3.05) is 23.8 Å². The highest BCUT2D eigenvalue weighted by Gasteiger charge is 2.08. The molecule has 23 heavy (non-hydrogen) atoms. The molecule has 0 unspecified atom stereocenters. The number of allylic oxidation sites excluding steroid dienone is 1. The second-order valence-electron chi connectivity index (χ2n) is 5.92. The minimum absolute atomic E-state index is 0.707. The van der Waals surface area contributed by atoms with Crippen LogP contribution in [0.5, 0.6) is 0 Å². The molecule has 0 spiro atoms. The summed E-state index contributed by atoms with van der Waals surface area (Å²) in [5.74, 6) is 1.59. The number of aromatic nitrogens is 2. The van der Waals surface area contributed by atoms with Crippen LogP contribution in [0.4, 0.5) is 17.5 Å². The minimum Gasteiger partial charge on any atom is -0.370 e. The fourth-order valence-corrected chi connectivity index (χ4v) is 2.86. The molecule has 0 bridgehead atoms. The molecule has 1 aromatic carbocycles. The number of nitrogens with one attached hydrogen (secondary N) is 1. The lowest BCUT2D eigenvalue weighted by atomic mass is 9.97. The van der Waals surface area contributed by atoms with E-state index in [-0.39, 0.29) is 0 Å². The number of rotatable bonds is 6. The highest BCUT2D eigenvalue weighted by atomic mass is 15.2. The molecule has 0 amide bonds. The first kappa shape index (κ1) is 15.5. The molecular weight excluding hydrogens is 284 g/mol. The van der Waals surface area contributed by atoms with Gasteiger partial charge in [-0.05, 0) is 50.3 Å². The second kappa shape index (κ2) is 7.77. The van der Waals surface area contributed by atoms with E-state index in [1.807, 2.05) is 42.4 Å². The summed E-state index contributed by atoms with van der Waals surface area (Å²) < 4.78 is 0. The zero-order chi connectivity index (χ0) is 15.9. The number of benzene rings is 1. The van der Waals surface area contributed by atoms with Crippen molar-refractivity contribution in [1.29, 1.82) is 0 Å². The predicted octanol–water partition coefficient (Wildman–Crippen LogP) is 4.55. The average Bonchev–Trinajstić information content (AvgIpc) is 2.63. The maximum Gasteiger partial charge on any atom is 0.231 e. The Bertz CT molecular complexity index is 651. The van der Waals surface area contributed by atoms with Crippen LogP contribution < -0.4 is 10.2 Å². The van der Waals surface area contributed by atoms with Gasteiger partial charge in [-0.3, -0.25) is 0 Å². The molecule has 0 aliphatic heterocycles. The van der Waals surface area contributed by atoms with E-state index in [9.17, 15) is 0 Å². The molecule has 0 atom stereocenters. The number of hydrogen-bond donors (Lipinski definition) is 1. The van der Waals surface area contributed by atoms with Crippen LogP contribution in [0.25, 0.3) is 0 Å². The summed E-state index contributed by atoms with van der Waals surface area (Å²) in [6.45, 7) is 0.928. The van der Waals surface area contributed by atoms with Gasteiger partial charge in [-0.25, -0.2) is 4.98 Å². The number of para-hydroxylation sites is 1. The van der Waals surface area contributed by atoms with Gasteiger partial charge < -0.3 is 10.2 Å². The van der Waals surface area contributed by atoms with Crippen molar-refractivity contribution in [1.82, 2.24) is 9.97 Å². The van der Waals surface area contributed by atoms with Crippen molar-refractivity contribution in [3.05, 3.63) is 54.2 Å². The van der Waals surface area contributed by atoms with Crippen LogP contribution in [0.1, 0.15) is 32.1 Å². The summed E-state index contributed by atoms with van der Waals surface area (Å²) in [6.07, 6.45) is 10.5. The standard InChI is InChI=1S/C19H24N4/c1-23(17-10-6-3-7-11-17)19-21-15-13-18(22-19)20-14-12-16-8-4-2-5-9-16/h3,6-8,10-11,13,15H,2,4-5,9,12,14H2,1H3,(H,20,21,22). The molecular formula is C19H24N4. The Morgan fingerprint density at radius 1 is 1.13 bits per heavy atom. The largest absolute Gasteiger partial charge is 0.370 e. The van der Waals surface area contributed by atoms with E-state index in [1.54, 1.807) is 5.57 Å². The van der Waals surface area contributed by atoms with Crippen molar-refractivity contribution in [3.63, 3.8) is 0 Å². The van der Waals surface area contributed by atoms with E-state index in [4.69, 9.17) is 0 Å². The summed E-state index contributed by atoms with van der Waals surface area (Å²) in [5.41, 5.74) is 2.66. The number of nitrogens with zero attached hydrogens (tertiary/aromatic N) is 3. The molecule has 1 aliphatic carbocycles. The summed E-state index contributed by atoms with van der Waals surface area (Å²) in [4.78, 5) is 11.0.